The Kier molecular flexibility index (Phi) is 3.86. The van der Waals surface area contributed by atoms with Crippen LogP contribution >= 0.6 is 11.6 Å². The van der Waals surface area contributed by atoms with Crippen molar-refractivity contribution >= 4 is 22.5 Å². The highest BCUT2D eigenvalue weighted by atomic mass is 35.5. The second-order valence-corrected chi connectivity index (χ2v) is 6.25. The van der Waals surface area contributed by atoms with Crippen LogP contribution in [0.15, 0.2) is 77.6 Å². The Morgan fingerprint density at radius 3 is 2.40 bits per heavy atom. The first-order chi connectivity index (χ1) is 12.2. The van der Waals surface area contributed by atoms with Crippen LogP contribution in [-0.2, 0) is 0 Å². The number of fused-ring (bicyclic) bond motifs is 1. The molecule has 3 nitrogen and oxygen atoms in total. The summed E-state index contributed by atoms with van der Waals surface area (Å²) in [6.07, 6.45) is 0. The van der Waals surface area contributed by atoms with Gasteiger partial charge in [0, 0.05) is 10.6 Å². The lowest BCUT2D eigenvalue weighted by Crippen LogP contribution is -2.22. The number of halogens is 1. The summed E-state index contributed by atoms with van der Waals surface area (Å²) in [5.74, 6) is 0.606. The van der Waals surface area contributed by atoms with Gasteiger partial charge < -0.3 is 0 Å². The fraction of sp³-hybridized carbons (Fsp3) is 0.0476. The van der Waals surface area contributed by atoms with Crippen molar-refractivity contribution in [3.8, 4) is 17.1 Å². The normalized spacial score (nSPS) is 11.0. The van der Waals surface area contributed by atoms with E-state index < -0.39 is 0 Å². The average molecular weight is 347 g/mol. The van der Waals surface area contributed by atoms with Gasteiger partial charge in [0.1, 0.15) is 5.82 Å². The molecule has 0 aliphatic rings. The van der Waals surface area contributed by atoms with E-state index >= 15 is 0 Å². The molecule has 4 rings (SSSR count). The van der Waals surface area contributed by atoms with Gasteiger partial charge in [-0.1, -0.05) is 60.1 Å². The number of para-hydroxylation sites is 1. The highest BCUT2D eigenvalue weighted by molar-refractivity contribution is 6.31. The van der Waals surface area contributed by atoms with E-state index in [1.54, 1.807) is 10.6 Å². The van der Waals surface area contributed by atoms with Gasteiger partial charge in [0.25, 0.3) is 5.56 Å². The minimum atomic E-state index is -0.102. The van der Waals surface area contributed by atoms with Crippen molar-refractivity contribution in [3.05, 3.63) is 93.7 Å². The van der Waals surface area contributed by atoms with Crippen LogP contribution in [0.2, 0.25) is 5.02 Å². The van der Waals surface area contributed by atoms with Crippen LogP contribution in [0.3, 0.4) is 0 Å². The maximum atomic E-state index is 13.3. The maximum Gasteiger partial charge on any atom is 0.266 e. The second-order valence-electron chi connectivity index (χ2n) is 5.84. The summed E-state index contributed by atoms with van der Waals surface area (Å²) in [6.45, 7) is 1.91. The van der Waals surface area contributed by atoms with Crippen LogP contribution in [-0.4, -0.2) is 9.55 Å². The lowest BCUT2D eigenvalue weighted by atomic mass is 10.1. The third kappa shape index (κ3) is 2.63. The molecule has 0 radical (unpaired) electrons. The van der Waals surface area contributed by atoms with Crippen molar-refractivity contribution in [2.24, 2.45) is 0 Å². The number of hydrogen-bond acceptors (Lipinski definition) is 2. The molecule has 1 heterocycles. The van der Waals surface area contributed by atoms with E-state index in [0.29, 0.717) is 21.7 Å². The van der Waals surface area contributed by atoms with E-state index in [4.69, 9.17) is 16.6 Å². The maximum absolute atomic E-state index is 13.3. The SMILES string of the molecule is Cc1c(Cl)cccc1-n1c(-c2ccccc2)nc2ccccc2c1=O. The molecule has 0 aliphatic heterocycles. The summed E-state index contributed by atoms with van der Waals surface area (Å²) >= 11 is 6.30. The number of hydrogen-bond donors (Lipinski definition) is 0. The molecule has 0 amide bonds. The molecule has 0 saturated carbocycles. The van der Waals surface area contributed by atoms with Crippen LogP contribution in [0.4, 0.5) is 0 Å². The molecule has 25 heavy (non-hydrogen) atoms. The largest absolute Gasteiger partial charge is 0.268 e. The van der Waals surface area contributed by atoms with Crippen molar-refractivity contribution in [2.75, 3.05) is 0 Å². The molecule has 0 atom stereocenters. The Morgan fingerprint density at radius 2 is 1.60 bits per heavy atom. The number of aromatic nitrogens is 2. The van der Waals surface area contributed by atoms with Crippen molar-refractivity contribution in [1.82, 2.24) is 9.55 Å². The highest BCUT2D eigenvalue weighted by Crippen LogP contribution is 2.26. The van der Waals surface area contributed by atoms with E-state index in [1.807, 2.05) is 73.7 Å². The van der Waals surface area contributed by atoms with Crippen molar-refractivity contribution in [3.63, 3.8) is 0 Å². The number of benzene rings is 3. The van der Waals surface area contributed by atoms with Gasteiger partial charge in [0.15, 0.2) is 0 Å². The lowest BCUT2D eigenvalue weighted by Gasteiger charge is -2.16. The first kappa shape index (κ1) is 15.6. The van der Waals surface area contributed by atoms with E-state index in [2.05, 4.69) is 0 Å². The molecule has 0 aliphatic carbocycles. The highest BCUT2D eigenvalue weighted by Gasteiger charge is 2.16. The molecule has 0 spiro atoms. The number of rotatable bonds is 2. The van der Waals surface area contributed by atoms with Gasteiger partial charge in [-0.3, -0.25) is 9.36 Å². The predicted molar refractivity (Wildman–Crippen MR) is 103 cm³/mol. The van der Waals surface area contributed by atoms with Gasteiger partial charge in [0.2, 0.25) is 0 Å². The van der Waals surface area contributed by atoms with E-state index in [-0.39, 0.29) is 5.56 Å². The number of nitrogens with zero attached hydrogens (tertiary/aromatic N) is 2. The zero-order chi connectivity index (χ0) is 17.4. The van der Waals surface area contributed by atoms with Crippen LogP contribution < -0.4 is 5.56 Å². The zero-order valence-electron chi connectivity index (χ0n) is 13.6. The second kappa shape index (κ2) is 6.19. The molecular weight excluding hydrogens is 332 g/mol. The quantitative estimate of drug-likeness (QED) is 0.511. The summed E-state index contributed by atoms with van der Waals surface area (Å²) in [5, 5.41) is 1.21. The summed E-state index contributed by atoms with van der Waals surface area (Å²) in [5.41, 5.74) is 3.05. The van der Waals surface area contributed by atoms with Crippen LogP contribution in [0.5, 0.6) is 0 Å². The third-order valence-corrected chi connectivity index (χ3v) is 4.70. The molecule has 0 unspecified atom stereocenters. The first-order valence-electron chi connectivity index (χ1n) is 7.99. The molecule has 122 valence electrons. The minimum absolute atomic E-state index is 0.102. The van der Waals surface area contributed by atoms with Gasteiger partial charge in [-0.05, 0) is 36.8 Å². The van der Waals surface area contributed by atoms with E-state index in [1.165, 1.54) is 0 Å². The summed E-state index contributed by atoms with van der Waals surface area (Å²) in [7, 11) is 0. The standard InChI is InChI=1S/C21H15ClN2O/c1-14-17(22)11-7-13-19(14)24-20(15-8-3-2-4-9-15)23-18-12-6-5-10-16(18)21(24)25/h2-13H,1H3. The molecule has 4 heteroatoms. The van der Waals surface area contributed by atoms with Gasteiger partial charge in [-0.25, -0.2) is 4.98 Å². The molecule has 0 bridgehead atoms. The van der Waals surface area contributed by atoms with Gasteiger partial charge >= 0.3 is 0 Å². The molecule has 0 N–H and O–H groups in total. The summed E-state index contributed by atoms with van der Waals surface area (Å²) in [4.78, 5) is 18.0. The Balaban J connectivity index is 2.17. The van der Waals surface area contributed by atoms with Crippen molar-refractivity contribution in [1.29, 1.82) is 0 Å². The summed E-state index contributed by atoms with van der Waals surface area (Å²) in [6, 6.07) is 22.7. The zero-order valence-corrected chi connectivity index (χ0v) is 14.4. The van der Waals surface area contributed by atoms with Gasteiger partial charge in [-0.2, -0.15) is 0 Å². The van der Waals surface area contributed by atoms with Gasteiger partial charge in [-0.15, -0.1) is 0 Å². The topological polar surface area (TPSA) is 34.9 Å². The Labute approximate surface area is 150 Å². The molecule has 0 fully saturated rings. The fourth-order valence-corrected chi connectivity index (χ4v) is 3.14. The smallest absolute Gasteiger partial charge is 0.266 e. The average Bonchev–Trinajstić information content (AvgIpc) is 2.65. The third-order valence-electron chi connectivity index (χ3n) is 4.29. The molecule has 3 aromatic carbocycles. The molecular formula is C21H15ClN2O. The Morgan fingerprint density at radius 1 is 0.880 bits per heavy atom. The Hall–Kier alpha value is -2.91. The summed E-state index contributed by atoms with van der Waals surface area (Å²) < 4.78 is 1.65. The van der Waals surface area contributed by atoms with Crippen LogP contribution in [0.25, 0.3) is 28.0 Å². The van der Waals surface area contributed by atoms with Crippen LogP contribution in [0, 0.1) is 6.92 Å². The van der Waals surface area contributed by atoms with E-state index in [9.17, 15) is 4.79 Å². The van der Waals surface area contributed by atoms with Crippen LogP contribution in [0.1, 0.15) is 5.56 Å². The lowest BCUT2D eigenvalue weighted by molar-refractivity contribution is 0.965. The van der Waals surface area contributed by atoms with Gasteiger partial charge in [0.05, 0.1) is 16.6 Å². The predicted octanol–water partition coefficient (Wildman–Crippen LogP) is 5.01. The first-order valence-corrected chi connectivity index (χ1v) is 8.37. The fourth-order valence-electron chi connectivity index (χ4n) is 2.98. The molecule has 4 aromatic rings. The molecule has 0 saturated heterocycles. The molecule has 1 aromatic heterocycles. The van der Waals surface area contributed by atoms with Crippen molar-refractivity contribution in [2.45, 2.75) is 6.92 Å². The Bertz CT molecular complexity index is 1130. The monoisotopic (exact) mass is 346 g/mol. The minimum Gasteiger partial charge on any atom is -0.268 e. The van der Waals surface area contributed by atoms with E-state index in [0.717, 1.165) is 16.8 Å². The van der Waals surface area contributed by atoms with Crippen molar-refractivity contribution < 1.29 is 0 Å².